The Hall–Kier alpha value is -2.92. The van der Waals surface area contributed by atoms with Crippen LogP contribution in [0.25, 0.3) is 11.3 Å². The monoisotopic (exact) mass is 340 g/mol. The van der Waals surface area contributed by atoms with Gasteiger partial charge in [-0.3, -0.25) is 15.6 Å². The van der Waals surface area contributed by atoms with E-state index in [-0.39, 0.29) is 18.3 Å². The van der Waals surface area contributed by atoms with Crippen molar-refractivity contribution in [2.75, 3.05) is 5.43 Å². The molecule has 24 heavy (non-hydrogen) atoms. The van der Waals surface area contributed by atoms with Gasteiger partial charge in [0, 0.05) is 11.1 Å². The molecule has 5 nitrogen and oxygen atoms in total. The fraction of sp³-hybridized carbons (Fsp3) is 0.0556. The minimum absolute atomic E-state index is 0. The molecule has 0 saturated heterocycles. The number of hydrazine groups is 1. The van der Waals surface area contributed by atoms with Crippen LogP contribution in [0.4, 0.5) is 5.82 Å². The van der Waals surface area contributed by atoms with Crippen LogP contribution in [0.3, 0.4) is 0 Å². The second-order valence-corrected chi connectivity index (χ2v) is 5.07. The lowest BCUT2D eigenvalue weighted by atomic mass is 10.1. The minimum Gasteiger partial charge on any atom is -0.280 e. The Bertz CT molecular complexity index is 810. The van der Waals surface area contributed by atoms with Crippen molar-refractivity contribution >= 4 is 24.1 Å². The number of rotatable bonds is 4. The number of benzene rings is 2. The highest BCUT2D eigenvalue weighted by molar-refractivity contribution is 5.94. The maximum atomic E-state index is 12.0. The van der Waals surface area contributed by atoms with Gasteiger partial charge in [-0.15, -0.1) is 22.6 Å². The average molecular weight is 341 g/mol. The summed E-state index contributed by atoms with van der Waals surface area (Å²) in [5.41, 5.74) is 8.71. The second-order valence-electron chi connectivity index (χ2n) is 5.07. The lowest BCUT2D eigenvalue weighted by Crippen LogP contribution is -2.30. The number of halogens is 1. The molecule has 0 unspecified atom stereocenters. The quantitative estimate of drug-likeness (QED) is 0.712. The SMILES string of the molecule is Cc1cc(-c2ccccc2)nnc1NNC(=O)c1ccccc1.Cl. The van der Waals surface area contributed by atoms with Gasteiger partial charge in [-0.2, -0.15) is 0 Å². The largest absolute Gasteiger partial charge is 0.280 e. The Labute approximate surface area is 146 Å². The van der Waals surface area contributed by atoms with Gasteiger partial charge < -0.3 is 0 Å². The van der Waals surface area contributed by atoms with E-state index >= 15 is 0 Å². The molecule has 1 heterocycles. The zero-order valence-corrected chi connectivity index (χ0v) is 13.9. The molecular formula is C18H17ClN4O. The molecule has 2 N–H and O–H groups in total. The van der Waals surface area contributed by atoms with E-state index in [1.54, 1.807) is 12.1 Å². The number of amides is 1. The zero-order valence-electron chi connectivity index (χ0n) is 13.1. The van der Waals surface area contributed by atoms with Crippen LogP contribution in [-0.2, 0) is 0 Å². The van der Waals surface area contributed by atoms with Crippen LogP contribution in [0.1, 0.15) is 15.9 Å². The molecule has 1 aromatic heterocycles. The summed E-state index contributed by atoms with van der Waals surface area (Å²) in [6.07, 6.45) is 0. The van der Waals surface area contributed by atoms with E-state index < -0.39 is 0 Å². The summed E-state index contributed by atoms with van der Waals surface area (Å²) in [5, 5.41) is 8.34. The van der Waals surface area contributed by atoms with Crippen molar-refractivity contribution in [2.45, 2.75) is 6.92 Å². The first-order valence-electron chi connectivity index (χ1n) is 7.25. The van der Waals surface area contributed by atoms with Crippen LogP contribution in [0, 0.1) is 6.92 Å². The smallest absolute Gasteiger partial charge is 0.269 e. The molecule has 0 radical (unpaired) electrons. The third-order valence-corrected chi connectivity index (χ3v) is 3.38. The summed E-state index contributed by atoms with van der Waals surface area (Å²) < 4.78 is 0. The van der Waals surface area contributed by atoms with E-state index in [0.29, 0.717) is 11.4 Å². The first-order valence-corrected chi connectivity index (χ1v) is 7.25. The first-order chi connectivity index (χ1) is 11.2. The highest BCUT2D eigenvalue weighted by atomic mass is 35.5. The molecule has 0 spiro atoms. The number of carbonyl (C=O) groups is 1. The van der Waals surface area contributed by atoms with Crippen LogP contribution >= 0.6 is 12.4 Å². The Balaban J connectivity index is 0.00000208. The van der Waals surface area contributed by atoms with Gasteiger partial charge in [0.25, 0.3) is 5.91 Å². The number of aromatic nitrogens is 2. The van der Waals surface area contributed by atoms with Crippen LogP contribution < -0.4 is 10.9 Å². The number of aryl methyl sites for hydroxylation is 1. The van der Waals surface area contributed by atoms with Crippen LogP contribution in [0.15, 0.2) is 66.7 Å². The predicted molar refractivity (Wildman–Crippen MR) is 97.0 cm³/mol. The maximum absolute atomic E-state index is 12.0. The van der Waals surface area contributed by atoms with Gasteiger partial charge in [-0.05, 0) is 30.7 Å². The Kier molecular flexibility index (Phi) is 5.87. The van der Waals surface area contributed by atoms with E-state index in [9.17, 15) is 4.79 Å². The van der Waals surface area contributed by atoms with Crippen molar-refractivity contribution in [2.24, 2.45) is 0 Å². The fourth-order valence-electron chi connectivity index (χ4n) is 2.14. The lowest BCUT2D eigenvalue weighted by molar-refractivity contribution is 0.0962. The molecule has 0 aliphatic rings. The second kappa shape index (κ2) is 8.08. The molecule has 122 valence electrons. The summed E-state index contributed by atoms with van der Waals surface area (Å²) in [6.45, 7) is 1.91. The van der Waals surface area contributed by atoms with Crippen molar-refractivity contribution in [1.82, 2.24) is 15.6 Å². The van der Waals surface area contributed by atoms with Gasteiger partial charge in [0.05, 0.1) is 5.69 Å². The van der Waals surface area contributed by atoms with Gasteiger partial charge in [0.15, 0.2) is 5.82 Å². The number of anilines is 1. The molecule has 0 atom stereocenters. The normalized spacial score (nSPS) is 9.71. The summed E-state index contributed by atoms with van der Waals surface area (Å²) in [5.74, 6) is 0.299. The predicted octanol–water partition coefficient (Wildman–Crippen LogP) is 3.63. The molecule has 0 fully saturated rings. The van der Waals surface area contributed by atoms with Gasteiger partial charge in [-0.25, -0.2) is 0 Å². The molecule has 0 bridgehead atoms. The van der Waals surface area contributed by atoms with E-state index in [1.165, 1.54) is 0 Å². The fourth-order valence-corrected chi connectivity index (χ4v) is 2.14. The van der Waals surface area contributed by atoms with Crippen molar-refractivity contribution in [3.05, 3.63) is 77.9 Å². The number of hydrogen-bond donors (Lipinski definition) is 2. The zero-order chi connectivity index (χ0) is 16.1. The molecule has 3 aromatic rings. The third-order valence-electron chi connectivity index (χ3n) is 3.38. The summed E-state index contributed by atoms with van der Waals surface area (Å²) in [4.78, 5) is 12.0. The average Bonchev–Trinajstić information content (AvgIpc) is 2.62. The molecule has 2 aromatic carbocycles. The van der Waals surface area contributed by atoms with E-state index in [0.717, 1.165) is 16.8 Å². The Morgan fingerprint density at radius 2 is 1.54 bits per heavy atom. The summed E-state index contributed by atoms with van der Waals surface area (Å²) >= 11 is 0. The number of hydrogen-bond acceptors (Lipinski definition) is 4. The van der Waals surface area contributed by atoms with E-state index in [1.807, 2.05) is 61.5 Å². The Morgan fingerprint density at radius 1 is 0.917 bits per heavy atom. The van der Waals surface area contributed by atoms with E-state index in [4.69, 9.17) is 0 Å². The number of nitrogens with zero attached hydrogens (tertiary/aromatic N) is 2. The number of nitrogens with one attached hydrogen (secondary N) is 2. The minimum atomic E-state index is -0.223. The van der Waals surface area contributed by atoms with Gasteiger partial charge in [-0.1, -0.05) is 48.5 Å². The van der Waals surface area contributed by atoms with Crippen molar-refractivity contribution in [3.8, 4) is 11.3 Å². The van der Waals surface area contributed by atoms with Gasteiger partial charge >= 0.3 is 0 Å². The molecular weight excluding hydrogens is 324 g/mol. The lowest BCUT2D eigenvalue weighted by Gasteiger charge is -2.10. The molecule has 1 amide bonds. The van der Waals surface area contributed by atoms with Crippen molar-refractivity contribution < 1.29 is 4.79 Å². The molecule has 0 aliphatic carbocycles. The standard InChI is InChI=1S/C18H16N4O.ClH/c1-13-12-16(14-8-4-2-5-9-14)19-20-17(13)21-22-18(23)15-10-6-3-7-11-15;/h2-12H,1H3,(H,20,21)(H,22,23);1H. The van der Waals surface area contributed by atoms with Crippen molar-refractivity contribution in [3.63, 3.8) is 0 Å². The van der Waals surface area contributed by atoms with Gasteiger partial charge in [0.1, 0.15) is 0 Å². The molecule has 6 heteroatoms. The third kappa shape index (κ3) is 4.08. The van der Waals surface area contributed by atoms with Crippen LogP contribution in [0.5, 0.6) is 0 Å². The molecule has 0 saturated carbocycles. The van der Waals surface area contributed by atoms with Crippen molar-refractivity contribution in [1.29, 1.82) is 0 Å². The highest BCUT2D eigenvalue weighted by Gasteiger charge is 2.08. The van der Waals surface area contributed by atoms with Crippen LogP contribution in [-0.4, -0.2) is 16.1 Å². The maximum Gasteiger partial charge on any atom is 0.269 e. The molecule has 3 rings (SSSR count). The van der Waals surface area contributed by atoms with Crippen LogP contribution in [0.2, 0.25) is 0 Å². The topological polar surface area (TPSA) is 66.9 Å². The molecule has 0 aliphatic heterocycles. The van der Waals surface area contributed by atoms with E-state index in [2.05, 4.69) is 21.0 Å². The summed E-state index contributed by atoms with van der Waals surface area (Å²) in [7, 11) is 0. The van der Waals surface area contributed by atoms with Gasteiger partial charge in [0.2, 0.25) is 0 Å². The number of carbonyl (C=O) groups excluding carboxylic acids is 1. The summed E-state index contributed by atoms with van der Waals surface area (Å²) in [6, 6.07) is 20.7. The first kappa shape index (κ1) is 17.4. The highest BCUT2D eigenvalue weighted by Crippen LogP contribution is 2.19. The Morgan fingerprint density at radius 3 is 2.17 bits per heavy atom.